The first kappa shape index (κ1) is 26.4. The summed E-state index contributed by atoms with van der Waals surface area (Å²) in [5.74, 6) is 1.80. The number of halogens is 1. The van der Waals surface area contributed by atoms with E-state index in [1.165, 1.54) is 0 Å². The van der Waals surface area contributed by atoms with Crippen molar-refractivity contribution < 1.29 is 14.3 Å². The molecule has 2 aliphatic heterocycles. The SMILES string of the molecule is CN=C(NCc1ccc(N2CCOC(C)C2)nc1)N1CCC(NC(=O)OC(C)(C)C)C1.I. The topological polar surface area (TPSA) is 91.3 Å². The minimum atomic E-state index is -0.496. The van der Waals surface area contributed by atoms with Gasteiger partial charge in [-0.15, -0.1) is 24.0 Å². The van der Waals surface area contributed by atoms with Crippen molar-refractivity contribution in [1.29, 1.82) is 0 Å². The normalized spacial score (nSPS) is 21.7. The fourth-order valence-electron chi connectivity index (χ4n) is 3.79. The number of hydrogen-bond acceptors (Lipinski definition) is 6. The van der Waals surface area contributed by atoms with Gasteiger partial charge in [-0.1, -0.05) is 6.07 Å². The lowest BCUT2D eigenvalue weighted by Crippen LogP contribution is -2.44. The second-order valence-corrected chi connectivity index (χ2v) is 9.13. The summed E-state index contributed by atoms with van der Waals surface area (Å²) < 4.78 is 11.0. The average molecular weight is 560 g/mol. The van der Waals surface area contributed by atoms with Gasteiger partial charge in [0, 0.05) is 46.0 Å². The van der Waals surface area contributed by atoms with Crippen LogP contribution in [0.4, 0.5) is 10.6 Å². The van der Waals surface area contributed by atoms with Gasteiger partial charge in [0.25, 0.3) is 0 Å². The molecule has 10 heteroatoms. The molecular formula is C22H37IN6O3. The fraction of sp³-hybridized carbons (Fsp3) is 0.682. The number of aromatic nitrogens is 1. The maximum absolute atomic E-state index is 12.0. The van der Waals surface area contributed by atoms with Crippen molar-refractivity contribution >= 4 is 41.8 Å². The van der Waals surface area contributed by atoms with E-state index in [0.717, 1.165) is 50.0 Å². The van der Waals surface area contributed by atoms with E-state index in [9.17, 15) is 4.79 Å². The number of nitrogens with one attached hydrogen (secondary N) is 2. The fourth-order valence-corrected chi connectivity index (χ4v) is 3.79. The van der Waals surface area contributed by atoms with Crippen LogP contribution < -0.4 is 15.5 Å². The van der Waals surface area contributed by atoms with Gasteiger partial charge in [0.15, 0.2) is 5.96 Å². The van der Waals surface area contributed by atoms with E-state index in [-0.39, 0.29) is 42.2 Å². The molecule has 2 aliphatic rings. The van der Waals surface area contributed by atoms with Crippen LogP contribution in [0.15, 0.2) is 23.3 Å². The molecule has 0 radical (unpaired) electrons. The molecule has 32 heavy (non-hydrogen) atoms. The summed E-state index contributed by atoms with van der Waals surface area (Å²) in [7, 11) is 1.78. The number of hydrogen-bond donors (Lipinski definition) is 2. The third-order valence-electron chi connectivity index (χ3n) is 5.25. The van der Waals surface area contributed by atoms with Crippen LogP contribution in [0, 0.1) is 0 Å². The van der Waals surface area contributed by atoms with Gasteiger partial charge in [-0.25, -0.2) is 9.78 Å². The first-order valence-corrected chi connectivity index (χ1v) is 11.0. The van der Waals surface area contributed by atoms with Crippen LogP contribution in [0.1, 0.15) is 39.7 Å². The molecule has 2 unspecified atom stereocenters. The zero-order valence-electron chi connectivity index (χ0n) is 19.8. The van der Waals surface area contributed by atoms with Gasteiger partial charge in [-0.05, 0) is 45.7 Å². The third-order valence-corrected chi connectivity index (χ3v) is 5.25. The van der Waals surface area contributed by atoms with Crippen molar-refractivity contribution in [3.05, 3.63) is 23.9 Å². The van der Waals surface area contributed by atoms with E-state index in [1.807, 2.05) is 27.0 Å². The molecule has 2 saturated heterocycles. The van der Waals surface area contributed by atoms with E-state index in [1.54, 1.807) is 7.05 Å². The van der Waals surface area contributed by atoms with Crippen molar-refractivity contribution in [2.24, 2.45) is 4.99 Å². The molecule has 9 nitrogen and oxygen atoms in total. The van der Waals surface area contributed by atoms with Gasteiger partial charge in [-0.2, -0.15) is 0 Å². The highest BCUT2D eigenvalue weighted by Gasteiger charge is 2.27. The summed E-state index contributed by atoms with van der Waals surface area (Å²) in [6.45, 7) is 12.3. The average Bonchev–Trinajstić information content (AvgIpc) is 3.15. The van der Waals surface area contributed by atoms with Crippen LogP contribution in [0.3, 0.4) is 0 Å². The molecule has 3 heterocycles. The van der Waals surface area contributed by atoms with Crippen molar-refractivity contribution in [3.8, 4) is 0 Å². The number of pyridine rings is 1. The smallest absolute Gasteiger partial charge is 0.407 e. The highest BCUT2D eigenvalue weighted by atomic mass is 127. The van der Waals surface area contributed by atoms with Crippen LogP contribution in [0.5, 0.6) is 0 Å². The molecule has 0 aliphatic carbocycles. The Morgan fingerprint density at radius 1 is 1.31 bits per heavy atom. The second kappa shape index (κ2) is 11.9. The van der Waals surface area contributed by atoms with Crippen molar-refractivity contribution in [2.45, 2.75) is 58.4 Å². The first-order chi connectivity index (χ1) is 14.7. The molecule has 0 bridgehead atoms. The number of nitrogens with zero attached hydrogens (tertiary/aromatic N) is 4. The summed E-state index contributed by atoms with van der Waals surface area (Å²) in [5, 5.41) is 6.35. The summed E-state index contributed by atoms with van der Waals surface area (Å²) >= 11 is 0. The van der Waals surface area contributed by atoms with E-state index in [0.29, 0.717) is 13.1 Å². The molecule has 3 rings (SSSR count). The Bertz CT molecular complexity index is 768. The predicted octanol–water partition coefficient (Wildman–Crippen LogP) is 2.60. The molecule has 1 aromatic rings. The lowest BCUT2D eigenvalue weighted by molar-refractivity contribution is 0.0506. The molecule has 0 saturated carbocycles. The summed E-state index contributed by atoms with van der Waals surface area (Å²) in [6.07, 6.45) is 2.62. The van der Waals surface area contributed by atoms with Gasteiger partial charge >= 0.3 is 6.09 Å². The monoisotopic (exact) mass is 560 g/mol. The van der Waals surface area contributed by atoms with Crippen molar-refractivity contribution in [1.82, 2.24) is 20.5 Å². The molecule has 0 aromatic carbocycles. The molecule has 1 aromatic heterocycles. The molecule has 2 atom stereocenters. The maximum Gasteiger partial charge on any atom is 0.407 e. The summed E-state index contributed by atoms with van der Waals surface area (Å²) in [6, 6.07) is 4.21. The number of likely N-dealkylation sites (tertiary alicyclic amines) is 1. The summed E-state index contributed by atoms with van der Waals surface area (Å²) in [5.41, 5.74) is 0.595. The molecule has 0 spiro atoms. The molecule has 2 fully saturated rings. The highest BCUT2D eigenvalue weighted by molar-refractivity contribution is 14.0. The Morgan fingerprint density at radius 2 is 2.09 bits per heavy atom. The van der Waals surface area contributed by atoms with Crippen LogP contribution in [-0.4, -0.2) is 79.5 Å². The minimum absolute atomic E-state index is 0. The largest absolute Gasteiger partial charge is 0.444 e. The Balaban J connectivity index is 0.00000363. The number of alkyl carbamates (subject to hydrolysis) is 1. The van der Waals surface area contributed by atoms with Gasteiger partial charge in [0.05, 0.1) is 18.8 Å². The number of amides is 1. The number of ether oxygens (including phenoxy) is 2. The second-order valence-electron chi connectivity index (χ2n) is 9.13. The van der Waals surface area contributed by atoms with Gasteiger partial charge in [0.1, 0.15) is 11.4 Å². The zero-order chi connectivity index (χ0) is 22.4. The number of carbonyl (C=O) groups is 1. The number of guanidine groups is 1. The maximum atomic E-state index is 12.0. The minimum Gasteiger partial charge on any atom is -0.444 e. The van der Waals surface area contributed by atoms with Crippen molar-refractivity contribution in [2.75, 3.05) is 44.7 Å². The van der Waals surface area contributed by atoms with Gasteiger partial charge < -0.3 is 29.9 Å². The Morgan fingerprint density at radius 3 is 2.72 bits per heavy atom. The van der Waals surface area contributed by atoms with Crippen LogP contribution in [0.2, 0.25) is 0 Å². The zero-order valence-corrected chi connectivity index (χ0v) is 22.1. The standard InChI is InChI=1S/C22H36N6O3.HI/c1-16-14-27(10-11-30-16)19-7-6-17(12-24-19)13-25-20(23-5)28-9-8-18(15-28)26-21(29)31-22(2,3)4;/h6-7,12,16,18H,8-11,13-15H2,1-5H3,(H,23,25)(H,26,29);1H. The molecular weight excluding hydrogens is 523 g/mol. The third kappa shape index (κ3) is 7.95. The number of morpholine rings is 1. The highest BCUT2D eigenvalue weighted by Crippen LogP contribution is 2.16. The first-order valence-electron chi connectivity index (χ1n) is 11.0. The predicted molar refractivity (Wildman–Crippen MR) is 137 cm³/mol. The van der Waals surface area contributed by atoms with E-state index in [4.69, 9.17) is 9.47 Å². The lowest BCUT2D eigenvalue weighted by atomic mass is 10.2. The van der Waals surface area contributed by atoms with E-state index < -0.39 is 5.60 Å². The number of rotatable bonds is 4. The quantitative estimate of drug-likeness (QED) is 0.333. The molecule has 1 amide bonds. The number of aliphatic imine (C=N–C) groups is 1. The number of carbonyl (C=O) groups excluding carboxylic acids is 1. The Hall–Kier alpha value is -1.82. The lowest BCUT2D eigenvalue weighted by Gasteiger charge is -2.32. The van der Waals surface area contributed by atoms with Crippen molar-refractivity contribution in [3.63, 3.8) is 0 Å². The van der Waals surface area contributed by atoms with E-state index >= 15 is 0 Å². The Kier molecular flexibility index (Phi) is 9.81. The van der Waals surface area contributed by atoms with Crippen LogP contribution >= 0.6 is 24.0 Å². The van der Waals surface area contributed by atoms with Crippen LogP contribution in [-0.2, 0) is 16.0 Å². The number of anilines is 1. The van der Waals surface area contributed by atoms with Gasteiger partial charge in [-0.3, -0.25) is 4.99 Å². The Labute approximate surface area is 208 Å². The van der Waals surface area contributed by atoms with Gasteiger partial charge in [0.2, 0.25) is 0 Å². The molecule has 2 N–H and O–H groups in total. The van der Waals surface area contributed by atoms with E-state index in [2.05, 4.69) is 49.5 Å². The van der Waals surface area contributed by atoms with Crippen LogP contribution in [0.25, 0.3) is 0 Å². The summed E-state index contributed by atoms with van der Waals surface area (Å²) in [4.78, 5) is 25.5. The molecule has 180 valence electrons.